The number of nitrogens with zero attached hydrogens (tertiary/aromatic N) is 2. The minimum absolute atomic E-state index is 0. The molecule has 0 radical (unpaired) electrons. The van der Waals surface area contributed by atoms with Gasteiger partial charge in [0.25, 0.3) is 0 Å². The summed E-state index contributed by atoms with van der Waals surface area (Å²) < 4.78 is 32.2. The predicted octanol–water partition coefficient (Wildman–Crippen LogP) is 6.31. The van der Waals surface area contributed by atoms with Crippen LogP contribution in [0.25, 0.3) is 0 Å². The number of nitrogens with one attached hydrogen (secondary N) is 2. The van der Waals surface area contributed by atoms with Gasteiger partial charge < -0.3 is 32.2 Å². The fraction of sp³-hybridized carbons (Fsp3) is 0.283. The maximum absolute atomic E-state index is 12.9. The Balaban J connectivity index is 0.000000351. The summed E-state index contributed by atoms with van der Waals surface area (Å²) in [6, 6.07) is 64.3. The smallest absolute Gasteiger partial charge is 0.244 e. The minimum atomic E-state index is -3.92. The molecule has 6 rings (SSSR count). The molecule has 1 atom stereocenters. The fourth-order valence-corrected chi connectivity index (χ4v) is 17.9. The monoisotopic (exact) mass is 1100 g/mol. The number of hydrogen-bond donors (Lipinski definition) is 2. The highest BCUT2D eigenvalue weighted by Crippen LogP contribution is 2.57. The van der Waals surface area contributed by atoms with Gasteiger partial charge in [-0.15, -0.1) is 9.81 Å². The van der Waals surface area contributed by atoms with Crippen LogP contribution in [0.15, 0.2) is 191 Å². The number of amides is 2. The molecule has 0 bridgehead atoms. The predicted molar refractivity (Wildman–Crippen MR) is 295 cm³/mol. The summed E-state index contributed by atoms with van der Waals surface area (Å²) >= 11 is 1.88. The van der Waals surface area contributed by atoms with Crippen molar-refractivity contribution in [3.05, 3.63) is 192 Å². The average molecular weight is 1110 g/mol. The summed E-state index contributed by atoms with van der Waals surface area (Å²) in [5.41, 5.74) is 0. The maximum Gasteiger partial charge on any atom is 0.244 e. The van der Waals surface area contributed by atoms with Crippen LogP contribution in [0.1, 0.15) is 52.9 Å². The van der Waals surface area contributed by atoms with Gasteiger partial charge in [0.1, 0.15) is 52.4 Å². The van der Waals surface area contributed by atoms with Crippen molar-refractivity contribution in [3.63, 3.8) is 0 Å². The van der Waals surface area contributed by atoms with Crippen molar-refractivity contribution in [1.29, 1.82) is 0 Å². The van der Waals surface area contributed by atoms with Gasteiger partial charge >= 0.3 is 0 Å². The lowest BCUT2D eigenvalue weighted by Crippen LogP contribution is -3.00. The second-order valence-corrected chi connectivity index (χ2v) is 27.5. The molecular formula is C53H63BrN4O7P2S3. The third kappa shape index (κ3) is 18.5. The van der Waals surface area contributed by atoms with Crippen LogP contribution in [-0.2, 0) is 19.7 Å². The van der Waals surface area contributed by atoms with Crippen molar-refractivity contribution in [2.24, 2.45) is 9.16 Å². The van der Waals surface area contributed by atoms with E-state index in [0.29, 0.717) is 12.8 Å². The zero-order chi connectivity index (χ0) is 50.0. The SMILES string of the molecule is CC(=O)NC(C(=O)NCCCCC[P+](c1ccccc1)(c1ccccc1)c1ccccc1)C(C)(C)SN=O.CS(=O)(=O)[O-].O=NSCCCC[P+](c1ccccc1)(c1ccccc1)c1ccccc1.[Br-]. The Morgan fingerprint density at radius 1 is 0.571 bits per heavy atom. The summed E-state index contributed by atoms with van der Waals surface area (Å²) in [5.74, 6) is 0.163. The molecule has 0 saturated heterocycles. The fourth-order valence-electron chi connectivity index (χ4n) is 8.19. The number of benzene rings is 6. The van der Waals surface area contributed by atoms with E-state index < -0.39 is 35.4 Å². The number of unbranched alkanes of at least 4 members (excludes halogenated alkanes) is 3. The summed E-state index contributed by atoms with van der Waals surface area (Å²) in [4.78, 5) is 45.7. The molecule has 17 heteroatoms. The Morgan fingerprint density at radius 3 is 1.17 bits per heavy atom. The van der Waals surface area contributed by atoms with E-state index in [0.717, 1.165) is 74.1 Å². The van der Waals surface area contributed by atoms with Crippen molar-refractivity contribution >= 4 is 92.2 Å². The molecule has 1 unspecified atom stereocenters. The molecule has 70 heavy (non-hydrogen) atoms. The number of nitroso groups, excluding NO2 is 2. The van der Waals surface area contributed by atoms with E-state index in [1.165, 1.54) is 38.8 Å². The number of hydrogen-bond acceptors (Lipinski definition) is 11. The Bertz CT molecular complexity index is 2360. The van der Waals surface area contributed by atoms with Gasteiger partial charge in [-0.05, 0) is 119 Å². The normalized spacial score (nSPS) is 11.7. The topological polar surface area (TPSA) is 174 Å². The molecule has 0 heterocycles. The molecule has 0 aliphatic rings. The minimum Gasteiger partial charge on any atom is -1.00 e. The summed E-state index contributed by atoms with van der Waals surface area (Å²) in [5, 5.41) is 14.0. The molecular weight excluding hydrogens is 1040 g/mol. The average Bonchev–Trinajstić information content (AvgIpc) is 3.35. The van der Waals surface area contributed by atoms with Crippen LogP contribution < -0.4 is 59.4 Å². The molecule has 6 aromatic carbocycles. The van der Waals surface area contributed by atoms with Crippen LogP contribution in [0.5, 0.6) is 0 Å². The first-order valence-corrected chi connectivity index (χ1v) is 30.2. The molecule has 6 aromatic rings. The van der Waals surface area contributed by atoms with E-state index in [2.05, 4.69) is 202 Å². The van der Waals surface area contributed by atoms with E-state index >= 15 is 0 Å². The third-order valence-corrected chi connectivity index (χ3v) is 21.7. The van der Waals surface area contributed by atoms with Crippen molar-refractivity contribution in [3.8, 4) is 0 Å². The van der Waals surface area contributed by atoms with E-state index in [-0.39, 0.29) is 28.8 Å². The zero-order valence-corrected chi connectivity index (χ0v) is 45.8. The molecule has 0 aliphatic heterocycles. The molecule has 11 nitrogen and oxygen atoms in total. The maximum atomic E-state index is 12.9. The second-order valence-electron chi connectivity index (χ2n) is 16.7. The van der Waals surface area contributed by atoms with Gasteiger partial charge in [0.05, 0.1) is 27.2 Å². The summed E-state index contributed by atoms with van der Waals surface area (Å²) in [6.07, 6.45) is 7.59. The lowest BCUT2D eigenvalue weighted by atomic mass is 10.0. The highest BCUT2D eigenvalue weighted by Gasteiger charge is 2.46. The van der Waals surface area contributed by atoms with Crippen molar-refractivity contribution in [2.45, 2.75) is 63.7 Å². The molecule has 0 aromatic heterocycles. The number of carbonyl (C=O) groups is 2. The van der Waals surface area contributed by atoms with E-state index in [4.69, 9.17) is 13.0 Å². The van der Waals surface area contributed by atoms with Gasteiger partial charge in [-0.25, -0.2) is 8.42 Å². The molecule has 372 valence electrons. The number of halogens is 1. The van der Waals surface area contributed by atoms with Crippen LogP contribution in [0, 0.1) is 9.81 Å². The first-order valence-electron chi connectivity index (χ1n) is 22.7. The lowest BCUT2D eigenvalue weighted by molar-refractivity contribution is -0.128. The van der Waals surface area contributed by atoms with Gasteiger partial charge in [0.2, 0.25) is 11.8 Å². The molecule has 0 saturated carbocycles. The third-order valence-electron chi connectivity index (χ3n) is 11.3. The molecule has 0 spiro atoms. The standard InChI is InChI=1S/C30H36N3O3PS.C22H23NOPS.CH4O3S.BrH/c1-24(34)32-28(30(2,3)38-33-36)29(35)31-22-14-7-15-23-37(25-16-8-4-9-17-25,26-18-10-5-11-19-26)27-20-12-6-13-21-27;24-23-26-19-11-10-18-25(20-12-4-1-5-13-20,21-14-6-2-7-15-21)22-16-8-3-9-17-22;1-5(2,3)4;/h4-6,8-13,16-21,28H,7,14-15,22-23H2,1-3H3,(H-,31,32,34,35);1-9,12-17H,10-11,18-19H2;1H3,(H,2,3,4);1H/q;+1;;/p-1. The van der Waals surface area contributed by atoms with Gasteiger partial charge in [0.15, 0.2) is 0 Å². The highest BCUT2D eigenvalue weighted by molar-refractivity contribution is 7.99. The zero-order valence-electron chi connectivity index (χ0n) is 40.0. The highest BCUT2D eigenvalue weighted by atomic mass is 79.9. The van der Waals surface area contributed by atoms with Gasteiger partial charge in [-0.3, -0.25) is 9.59 Å². The van der Waals surface area contributed by atoms with Crippen LogP contribution in [0.2, 0.25) is 0 Å². The molecule has 2 N–H and O–H groups in total. The van der Waals surface area contributed by atoms with Crippen LogP contribution in [0.3, 0.4) is 0 Å². The van der Waals surface area contributed by atoms with Crippen LogP contribution >= 0.6 is 38.4 Å². The van der Waals surface area contributed by atoms with Crippen molar-refractivity contribution < 1.29 is 39.5 Å². The number of carbonyl (C=O) groups excluding carboxylic acids is 2. The van der Waals surface area contributed by atoms with Crippen molar-refractivity contribution in [1.82, 2.24) is 10.6 Å². The molecule has 2 amide bonds. The van der Waals surface area contributed by atoms with Gasteiger partial charge in [-0.1, -0.05) is 109 Å². The first kappa shape index (κ1) is 59.7. The Morgan fingerprint density at radius 2 is 0.886 bits per heavy atom. The quantitative estimate of drug-likeness (QED) is 0.0245. The van der Waals surface area contributed by atoms with Crippen molar-refractivity contribution in [2.75, 3.05) is 30.9 Å². The Labute approximate surface area is 435 Å². The van der Waals surface area contributed by atoms with E-state index in [9.17, 15) is 19.4 Å². The van der Waals surface area contributed by atoms with E-state index in [1.807, 2.05) is 0 Å². The van der Waals surface area contributed by atoms with Crippen LogP contribution in [0.4, 0.5) is 0 Å². The molecule has 0 aliphatic carbocycles. The molecule has 0 fully saturated rings. The Kier molecular flexibility index (Phi) is 26.4. The largest absolute Gasteiger partial charge is 1.00 e. The Hall–Kier alpha value is -4.59. The summed E-state index contributed by atoms with van der Waals surface area (Å²) in [6.45, 7) is 5.30. The summed E-state index contributed by atoms with van der Waals surface area (Å²) in [7, 11) is -7.50. The van der Waals surface area contributed by atoms with Crippen LogP contribution in [-0.4, -0.2) is 66.5 Å². The van der Waals surface area contributed by atoms with Gasteiger partial charge in [-0.2, -0.15) is 0 Å². The first-order chi connectivity index (χ1) is 33.2. The lowest BCUT2D eigenvalue weighted by Gasteiger charge is -2.30. The van der Waals surface area contributed by atoms with E-state index in [1.54, 1.807) is 13.8 Å². The number of rotatable bonds is 23. The second kappa shape index (κ2) is 31.0. The van der Waals surface area contributed by atoms with Gasteiger partial charge in [0, 0.05) is 58.5 Å².